The van der Waals surface area contributed by atoms with Crippen molar-refractivity contribution in [2.45, 2.75) is 19.4 Å². The molecule has 0 bridgehead atoms. The van der Waals surface area contributed by atoms with Crippen LogP contribution >= 0.6 is 11.6 Å². The van der Waals surface area contributed by atoms with Crippen LogP contribution in [0.25, 0.3) is 0 Å². The first-order chi connectivity index (χ1) is 10.2. The van der Waals surface area contributed by atoms with Crippen LogP contribution < -0.4 is 14.8 Å². The molecule has 1 N–H and O–H groups in total. The van der Waals surface area contributed by atoms with Crippen molar-refractivity contribution in [3.63, 3.8) is 0 Å². The quantitative estimate of drug-likeness (QED) is 0.909. The first-order valence-corrected chi connectivity index (χ1v) is 8.13. The van der Waals surface area contributed by atoms with E-state index in [0.29, 0.717) is 29.4 Å². The second-order valence-corrected chi connectivity index (χ2v) is 6.90. The molecule has 0 aliphatic carbocycles. The molecule has 4 rings (SSSR count). The minimum Gasteiger partial charge on any atom is -0.486 e. The molecule has 1 aromatic rings. The Bertz CT molecular complexity index is 543. The molecule has 0 saturated carbocycles. The van der Waals surface area contributed by atoms with E-state index in [4.69, 9.17) is 21.1 Å². The highest BCUT2D eigenvalue weighted by atomic mass is 35.5. The van der Waals surface area contributed by atoms with Crippen molar-refractivity contribution in [3.8, 4) is 11.5 Å². The number of rotatable bonds is 2. The Morgan fingerprint density at radius 1 is 1.24 bits per heavy atom. The lowest BCUT2D eigenvalue weighted by Gasteiger charge is -2.24. The Morgan fingerprint density at radius 3 is 3.00 bits per heavy atom. The minimum atomic E-state index is 0.512. The standard InChI is InChI=1S/C16H21ClN2O2/c17-13-7-12(8-14-15(13)21-6-5-20-14)9-19-4-2-16(11-19)1-3-18-10-16/h7-8,18H,1-6,9-11H2. The van der Waals surface area contributed by atoms with Gasteiger partial charge in [0.25, 0.3) is 0 Å². The van der Waals surface area contributed by atoms with Gasteiger partial charge in [-0.3, -0.25) is 4.90 Å². The molecule has 2 saturated heterocycles. The van der Waals surface area contributed by atoms with Crippen LogP contribution in [0.5, 0.6) is 11.5 Å². The van der Waals surface area contributed by atoms with Gasteiger partial charge in [-0.25, -0.2) is 0 Å². The molecule has 2 fully saturated rings. The zero-order chi connectivity index (χ0) is 14.3. The maximum atomic E-state index is 6.32. The first-order valence-electron chi connectivity index (χ1n) is 7.75. The lowest BCUT2D eigenvalue weighted by Crippen LogP contribution is -2.29. The summed E-state index contributed by atoms with van der Waals surface area (Å²) in [4.78, 5) is 2.54. The maximum Gasteiger partial charge on any atom is 0.179 e. The topological polar surface area (TPSA) is 33.7 Å². The Morgan fingerprint density at radius 2 is 2.14 bits per heavy atom. The molecule has 3 heterocycles. The molecule has 4 nitrogen and oxygen atoms in total. The zero-order valence-corrected chi connectivity index (χ0v) is 12.9. The maximum absolute atomic E-state index is 6.32. The Balaban J connectivity index is 1.49. The number of likely N-dealkylation sites (tertiary alicyclic amines) is 1. The molecular weight excluding hydrogens is 288 g/mol. The molecule has 1 atom stereocenters. The molecule has 21 heavy (non-hydrogen) atoms. The summed E-state index contributed by atoms with van der Waals surface area (Å²) in [7, 11) is 0. The van der Waals surface area contributed by atoms with E-state index in [-0.39, 0.29) is 0 Å². The summed E-state index contributed by atoms with van der Waals surface area (Å²) in [6.45, 7) is 6.83. The largest absolute Gasteiger partial charge is 0.486 e. The van der Waals surface area contributed by atoms with Gasteiger partial charge in [-0.2, -0.15) is 0 Å². The van der Waals surface area contributed by atoms with Crippen LogP contribution in [-0.2, 0) is 6.54 Å². The Hall–Kier alpha value is -0.970. The monoisotopic (exact) mass is 308 g/mol. The SMILES string of the molecule is Clc1cc(CN2CCC3(CCNC3)C2)cc2c1OCCO2. The molecular formula is C16H21ClN2O2. The number of benzene rings is 1. The molecule has 3 aliphatic rings. The Labute approximate surface area is 130 Å². The number of hydrogen-bond acceptors (Lipinski definition) is 4. The summed E-state index contributed by atoms with van der Waals surface area (Å²) in [6.07, 6.45) is 2.61. The average Bonchev–Trinajstić information content (AvgIpc) is 3.10. The van der Waals surface area contributed by atoms with Gasteiger partial charge >= 0.3 is 0 Å². The van der Waals surface area contributed by atoms with Crippen molar-refractivity contribution in [1.82, 2.24) is 10.2 Å². The molecule has 114 valence electrons. The highest BCUT2D eigenvalue weighted by Crippen LogP contribution is 2.40. The van der Waals surface area contributed by atoms with Gasteiger partial charge in [-0.15, -0.1) is 0 Å². The van der Waals surface area contributed by atoms with Crippen LogP contribution in [0.15, 0.2) is 12.1 Å². The molecule has 1 spiro atoms. The van der Waals surface area contributed by atoms with Gasteiger partial charge < -0.3 is 14.8 Å². The zero-order valence-electron chi connectivity index (χ0n) is 12.2. The first kappa shape index (κ1) is 13.7. The van der Waals surface area contributed by atoms with E-state index in [9.17, 15) is 0 Å². The fraction of sp³-hybridized carbons (Fsp3) is 0.625. The minimum absolute atomic E-state index is 0.512. The van der Waals surface area contributed by atoms with Crippen molar-refractivity contribution >= 4 is 11.6 Å². The number of hydrogen-bond donors (Lipinski definition) is 1. The van der Waals surface area contributed by atoms with Crippen molar-refractivity contribution in [2.75, 3.05) is 39.4 Å². The predicted octanol–water partition coefficient (Wildman–Crippen LogP) is 2.30. The summed E-state index contributed by atoms with van der Waals surface area (Å²) in [5.41, 5.74) is 1.73. The lowest BCUT2D eigenvalue weighted by molar-refractivity contribution is 0.171. The number of nitrogens with one attached hydrogen (secondary N) is 1. The van der Waals surface area contributed by atoms with Crippen molar-refractivity contribution < 1.29 is 9.47 Å². The van der Waals surface area contributed by atoms with E-state index < -0.39 is 0 Å². The van der Waals surface area contributed by atoms with Crippen molar-refractivity contribution in [2.24, 2.45) is 5.41 Å². The molecule has 5 heteroatoms. The van der Waals surface area contributed by atoms with E-state index in [0.717, 1.165) is 12.3 Å². The summed E-state index contributed by atoms with van der Waals surface area (Å²) in [5, 5.41) is 4.17. The fourth-order valence-electron chi connectivity index (χ4n) is 3.82. The van der Waals surface area contributed by atoms with Crippen LogP contribution in [0.2, 0.25) is 5.02 Å². The lowest BCUT2D eigenvalue weighted by atomic mass is 9.86. The molecule has 1 aromatic carbocycles. The second kappa shape index (κ2) is 5.34. The Kier molecular flexibility index (Phi) is 3.48. The number of nitrogens with zero attached hydrogens (tertiary/aromatic N) is 1. The van der Waals surface area contributed by atoms with Crippen LogP contribution in [0.1, 0.15) is 18.4 Å². The van der Waals surface area contributed by atoms with Gasteiger partial charge in [-0.1, -0.05) is 11.6 Å². The third-order valence-corrected chi connectivity index (χ3v) is 5.19. The van der Waals surface area contributed by atoms with Gasteiger partial charge in [0.2, 0.25) is 0 Å². The average molecular weight is 309 g/mol. The highest BCUT2D eigenvalue weighted by Gasteiger charge is 2.40. The number of ether oxygens (including phenoxy) is 2. The van der Waals surface area contributed by atoms with Crippen LogP contribution in [0.3, 0.4) is 0 Å². The van der Waals surface area contributed by atoms with E-state index in [1.54, 1.807) is 0 Å². The summed E-state index contributed by atoms with van der Waals surface area (Å²) < 4.78 is 11.2. The normalized spacial score (nSPS) is 28.4. The highest BCUT2D eigenvalue weighted by molar-refractivity contribution is 6.32. The van der Waals surface area contributed by atoms with Gasteiger partial charge in [-0.05, 0) is 49.0 Å². The van der Waals surface area contributed by atoms with Crippen molar-refractivity contribution in [1.29, 1.82) is 0 Å². The van der Waals surface area contributed by atoms with Crippen LogP contribution in [-0.4, -0.2) is 44.3 Å². The van der Waals surface area contributed by atoms with E-state index in [1.807, 2.05) is 6.07 Å². The molecule has 0 aromatic heterocycles. The van der Waals surface area contributed by atoms with Crippen LogP contribution in [0, 0.1) is 5.41 Å². The van der Waals surface area contributed by atoms with E-state index in [1.165, 1.54) is 44.6 Å². The van der Waals surface area contributed by atoms with Crippen molar-refractivity contribution in [3.05, 3.63) is 22.7 Å². The van der Waals surface area contributed by atoms with Gasteiger partial charge in [0, 0.05) is 19.6 Å². The number of fused-ring (bicyclic) bond motifs is 1. The van der Waals surface area contributed by atoms with Gasteiger partial charge in [0.15, 0.2) is 11.5 Å². The van der Waals surface area contributed by atoms with Gasteiger partial charge in [0.05, 0.1) is 5.02 Å². The molecule has 0 amide bonds. The summed E-state index contributed by atoms with van der Waals surface area (Å²) >= 11 is 6.32. The van der Waals surface area contributed by atoms with Gasteiger partial charge in [0.1, 0.15) is 13.2 Å². The summed E-state index contributed by atoms with van der Waals surface area (Å²) in [6, 6.07) is 4.10. The molecule has 3 aliphatic heterocycles. The number of halogens is 1. The third-order valence-electron chi connectivity index (χ3n) is 4.91. The molecule has 1 unspecified atom stereocenters. The van der Waals surface area contributed by atoms with Crippen LogP contribution in [0.4, 0.5) is 0 Å². The predicted molar refractivity (Wildman–Crippen MR) is 82.3 cm³/mol. The smallest absolute Gasteiger partial charge is 0.179 e. The summed E-state index contributed by atoms with van der Waals surface area (Å²) in [5.74, 6) is 1.49. The second-order valence-electron chi connectivity index (χ2n) is 6.49. The third kappa shape index (κ3) is 2.60. The van der Waals surface area contributed by atoms with E-state index >= 15 is 0 Å². The fourth-order valence-corrected chi connectivity index (χ4v) is 4.11. The molecule has 0 radical (unpaired) electrons. The van der Waals surface area contributed by atoms with E-state index in [2.05, 4.69) is 16.3 Å².